The maximum Gasteiger partial charge on any atom is 0.148 e. The Hall–Kier alpha value is -1.50. The topological polar surface area (TPSA) is 27.7 Å². The Bertz CT molecular complexity index is 378. The monoisotopic (exact) mass is 262 g/mol. The van der Waals surface area contributed by atoms with Crippen molar-refractivity contribution in [3.05, 3.63) is 30.3 Å². The summed E-state index contributed by atoms with van der Waals surface area (Å²) >= 11 is 0. The van der Waals surface area contributed by atoms with Crippen LogP contribution in [0, 0.1) is 12.0 Å². The molecule has 0 saturated heterocycles. The van der Waals surface area contributed by atoms with Gasteiger partial charge in [0.25, 0.3) is 0 Å². The molecule has 1 aromatic rings. The van der Waals surface area contributed by atoms with Gasteiger partial charge in [0, 0.05) is 7.11 Å². The van der Waals surface area contributed by atoms with E-state index in [4.69, 9.17) is 14.2 Å². The molecule has 0 heterocycles. The molecule has 0 radical (unpaired) electrons. The lowest BCUT2D eigenvalue weighted by Gasteiger charge is -2.10. The molecule has 0 aliphatic heterocycles. The van der Waals surface area contributed by atoms with E-state index in [-0.39, 0.29) is 12.9 Å². The SMILES string of the molecule is CCCCCC(C#COc1ccccc1)OCOC. The van der Waals surface area contributed by atoms with Gasteiger partial charge in [-0.1, -0.05) is 38.0 Å². The number of unbranched alkanes of at least 4 members (excludes halogenated alkanes) is 2. The zero-order chi connectivity index (χ0) is 13.8. The summed E-state index contributed by atoms with van der Waals surface area (Å²) in [6, 6.07) is 9.51. The third-order valence-electron chi connectivity index (χ3n) is 2.59. The van der Waals surface area contributed by atoms with Crippen molar-refractivity contribution >= 4 is 0 Å². The van der Waals surface area contributed by atoms with E-state index in [0.29, 0.717) is 0 Å². The molecule has 0 aliphatic carbocycles. The van der Waals surface area contributed by atoms with Gasteiger partial charge in [-0.2, -0.15) is 0 Å². The average molecular weight is 262 g/mol. The second-order valence-corrected chi connectivity index (χ2v) is 4.22. The minimum Gasteiger partial charge on any atom is -0.407 e. The first-order valence-electron chi connectivity index (χ1n) is 6.69. The van der Waals surface area contributed by atoms with Crippen molar-refractivity contribution in [1.29, 1.82) is 0 Å². The van der Waals surface area contributed by atoms with Gasteiger partial charge in [-0.05, 0) is 30.9 Å². The highest BCUT2D eigenvalue weighted by atomic mass is 16.7. The standard InChI is InChI=1S/C16H22O3/c1-3-4-6-9-16(19-14-17-2)12-13-18-15-10-7-5-8-11-15/h5,7-8,10-11,16H,3-4,6,9,14H2,1-2H3. The van der Waals surface area contributed by atoms with Crippen LogP contribution in [0.4, 0.5) is 0 Å². The number of ether oxygens (including phenoxy) is 3. The Morgan fingerprint density at radius 2 is 1.95 bits per heavy atom. The highest BCUT2D eigenvalue weighted by Crippen LogP contribution is 2.08. The molecule has 1 atom stereocenters. The molecular formula is C16H22O3. The molecule has 0 aliphatic rings. The lowest BCUT2D eigenvalue weighted by molar-refractivity contribution is -0.0549. The van der Waals surface area contributed by atoms with Crippen molar-refractivity contribution in [2.75, 3.05) is 13.9 Å². The third kappa shape index (κ3) is 7.50. The van der Waals surface area contributed by atoms with Crippen LogP contribution in [0.5, 0.6) is 5.75 Å². The van der Waals surface area contributed by atoms with E-state index in [1.54, 1.807) is 7.11 Å². The lowest BCUT2D eigenvalue weighted by Crippen LogP contribution is -2.12. The number of para-hydroxylation sites is 1. The highest BCUT2D eigenvalue weighted by Gasteiger charge is 2.04. The van der Waals surface area contributed by atoms with Crippen molar-refractivity contribution in [1.82, 2.24) is 0 Å². The second-order valence-electron chi connectivity index (χ2n) is 4.22. The first kappa shape index (κ1) is 15.6. The molecule has 0 bridgehead atoms. The largest absolute Gasteiger partial charge is 0.407 e. The normalized spacial score (nSPS) is 11.5. The number of hydrogen-bond donors (Lipinski definition) is 0. The van der Waals surface area contributed by atoms with Crippen molar-refractivity contribution in [2.45, 2.75) is 38.7 Å². The minimum atomic E-state index is -0.129. The van der Waals surface area contributed by atoms with E-state index in [1.807, 2.05) is 30.3 Å². The molecule has 1 aromatic carbocycles. The van der Waals surface area contributed by atoms with E-state index in [0.717, 1.165) is 18.6 Å². The van der Waals surface area contributed by atoms with Crippen LogP contribution in [0.1, 0.15) is 32.6 Å². The molecule has 1 unspecified atom stereocenters. The summed E-state index contributed by atoms with van der Waals surface area (Å²) in [5, 5.41) is 0. The smallest absolute Gasteiger partial charge is 0.148 e. The van der Waals surface area contributed by atoms with Gasteiger partial charge in [-0.15, -0.1) is 0 Å². The molecule has 1 rings (SSSR count). The highest BCUT2D eigenvalue weighted by molar-refractivity contribution is 5.23. The van der Waals surface area contributed by atoms with Crippen molar-refractivity contribution in [3.63, 3.8) is 0 Å². The van der Waals surface area contributed by atoms with Crippen molar-refractivity contribution in [3.8, 4) is 17.8 Å². The van der Waals surface area contributed by atoms with Gasteiger partial charge >= 0.3 is 0 Å². The van der Waals surface area contributed by atoms with Crippen LogP contribution in [0.25, 0.3) is 0 Å². The second kappa shape index (κ2) is 10.4. The molecule has 3 heteroatoms. The molecule has 0 aromatic heterocycles. The summed E-state index contributed by atoms with van der Waals surface area (Å²) < 4.78 is 15.8. The summed E-state index contributed by atoms with van der Waals surface area (Å²) in [6.07, 6.45) is 6.96. The molecule has 0 saturated carbocycles. The fourth-order valence-corrected chi connectivity index (χ4v) is 1.57. The van der Waals surface area contributed by atoms with Crippen LogP contribution >= 0.6 is 0 Å². The molecule has 19 heavy (non-hydrogen) atoms. The Morgan fingerprint density at radius 1 is 1.16 bits per heavy atom. The Kier molecular flexibility index (Phi) is 8.54. The predicted octanol–water partition coefficient (Wildman–Crippen LogP) is 3.60. The maximum atomic E-state index is 5.50. The van der Waals surface area contributed by atoms with E-state index in [1.165, 1.54) is 12.8 Å². The number of methoxy groups -OCH3 is 1. The molecule has 0 amide bonds. The molecule has 3 nitrogen and oxygen atoms in total. The zero-order valence-electron chi connectivity index (χ0n) is 11.7. The van der Waals surface area contributed by atoms with Gasteiger partial charge < -0.3 is 14.2 Å². The van der Waals surface area contributed by atoms with Crippen LogP contribution in [0.15, 0.2) is 30.3 Å². The van der Waals surface area contributed by atoms with E-state index in [2.05, 4.69) is 19.0 Å². The third-order valence-corrected chi connectivity index (χ3v) is 2.59. The number of hydrogen-bond acceptors (Lipinski definition) is 3. The Morgan fingerprint density at radius 3 is 2.63 bits per heavy atom. The maximum absolute atomic E-state index is 5.50. The van der Waals surface area contributed by atoms with Crippen LogP contribution in [-0.4, -0.2) is 20.0 Å². The summed E-state index contributed by atoms with van der Waals surface area (Å²) in [7, 11) is 1.61. The van der Waals surface area contributed by atoms with Gasteiger partial charge in [-0.25, -0.2) is 0 Å². The van der Waals surface area contributed by atoms with E-state index in [9.17, 15) is 0 Å². The van der Waals surface area contributed by atoms with Gasteiger partial charge in [0.1, 0.15) is 24.8 Å². The molecular weight excluding hydrogens is 240 g/mol. The molecule has 0 spiro atoms. The summed E-state index contributed by atoms with van der Waals surface area (Å²) in [5.41, 5.74) is 0. The van der Waals surface area contributed by atoms with Gasteiger partial charge in [-0.3, -0.25) is 0 Å². The van der Waals surface area contributed by atoms with Crippen LogP contribution in [-0.2, 0) is 9.47 Å². The van der Waals surface area contributed by atoms with E-state index < -0.39 is 0 Å². The summed E-state index contributed by atoms with van der Waals surface area (Å²) in [6.45, 7) is 2.44. The van der Waals surface area contributed by atoms with Crippen molar-refractivity contribution < 1.29 is 14.2 Å². The fraction of sp³-hybridized carbons (Fsp3) is 0.500. The lowest BCUT2D eigenvalue weighted by atomic mass is 10.1. The number of rotatable bonds is 8. The predicted molar refractivity (Wildman–Crippen MR) is 75.7 cm³/mol. The van der Waals surface area contributed by atoms with Gasteiger partial charge in [0.15, 0.2) is 0 Å². The first-order valence-corrected chi connectivity index (χ1v) is 6.69. The summed E-state index contributed by atoms with van der Waals surface area (Å²) in [5.74, 6) is 3.73. The molecule has 0 fully saturated rings. The number of benzene rings is 1. The quantitative estimate of drug-likeness (QED) is 0.407. The Balaban J connectivity index is 2.42. The minimum absolute atomic E-state index is 0.129. The molecule has 0 N–H and O–H groups in total. The van der Waals surface area contributed by atoms with Crippen LogP contribution in [0.3, 0.4) is 0 Å². The Labute approximate surface area is 115 Å². The van der Waals surface area contributed by atoms with E-state index >= 15 is 0 Å². The van der Waals surface area contributed by atoms with Crippen LogP contribution < -0.4 is 4.74 Å². The van der Waals surface area contributed by atoms with Gasteiger partial charge in [0.05, 0.1) is 0 Å². The zero-order valence-corrected chi connectivity index (χ0v) is 11.7. The van der Waals surface area contributed by atoms with Crippen LogP contribution in [0.2, 0.25) is 0 Å². The van der Waals surface area contributed by atoms with Gasteiger partial charge in [0.2, 0.25) is 0 Å². The molecule has 104 valence electrons. The average Bonchev–Trinajstić information content (AvgIpc) is 2.45. The first-order chi connectivity index (χ1) is 9.36. The fourth-order valence-electron chi connectivity index (χ4n) is 1.57. The van der Waals surface area contributed by atoms with Crippen molar-refractivity contribution in [2.24, 2.45) is 0 Å². The summed E-state index contributed by atoms with van der Waals surface area (Å²) in [4.78, 5) is 0.